The van der Waals surface area contributed by atoms with Crippen LogP contribution in [0, 0.1) is 0 Å². The summed E-state index contributed by atoms with van der Waals surface area (Å²) in [4.78, 5) is 36.9. The number of piperazine rings is 1. The van der Waals surface area contributed by atoms with Crippen molar-refractivity contribution in [3.63, 3.8) is 0 Å². The van der Waals surface area contributed by atoms with Crippen LogP contribution in [-0.2, 0) is 19.1 Å². The molecule has 5 N–H and O–H groups in total. The first-order chi connectivity index (χ1) is 13.6. The summed E-state index contributed by atoms with van der Waals surface area (Å²) in [6, 6.07) is -1.65. The lowest BCUT2D eigenvalue weighted by atomic mass is 9.93. The van der Waals surface area contributed by atoms with Gasteiger partial charge >= 0.3 is 18.0 Å². The minimum Gasteiger partial charge on any atom is -0.480 e. The highest BCUT2D eigenvalue weighted by molar-refractivity contribution is 5.97. The number of carbonyl (C=O) groups is 3. The predicted molar refractivity (Wildman–Crippen MR) is 95.1 cm³/mol. The second-order valence-corrected chi connectivity index (χ2v) is 7.21. The first-order valence-corrected chi connectivity index (χ1v) is 9.44. The average Bonchev–Trinajstić information content (AvgIpc) is 2.67. The molecule has 0 bridgehead atoms. The number of amides is 1. The van der Waals surface area contributed by atoms with Gasteiger partial charge in [0.05, 0.1) is 18.8 Å². The molecule has 4 unspecified atom stereocenters. The van der Waals surface area contributed by atoms with E-state index in [-0.39, 0.29) is 32.8 Å². The number of aliphatic hydroxyl groups is 3. The van der Waals surface area contributed by atoms with E-state index in [0.717, 1.165) is 0 Å². The zero-order valence-electron chi connectivity index (χ0n) is 16.1. The molecule has 0 aromatic heterocycles. The predicted octanol–water partition coefficient (Wildman–Crippen LogP) is -2.07. The quantitative estimate of drug-likeness (QED) is 0.226. The maximum atomic E-state index is 12.1. The van der Waals surface area contributed by atoms with Crippen LogP contribution in [0.1, 0.15) is 19.8 Å². The Morgan fingerprint density at radius 2 is 1.59 bits per heavy atom. The number of carboxylic acid groups (broad SMARTS) is 2. The van der Waals surface area contributed by atoms with Crippen LogP contribution >= 0.6 is 0 Å². The maximum Gasteiger partial charge on any atom is 0.409 e. The van der Waals surface area contributed by atoms with Crippen molar-refractivity contribution < 1.29 is 49.4 Å². The molecule has 0 saturated carbocycles. The molecule has 29 heavy (non-hydrogen) atoms. The van der Waals surface area contributed by atoms with Crippen LogP contribution in [0.15, 0.2) is 0 Å². The highest BCUT2D eigenvalue weighted by atomic mass is 16.6. The zero-order valence-corrected chi connectivity index (χ0v) is 16.1. The first-order valence-electron chi connectivity index (χ1n) is 9.44. The molecule has 0 aliphatic carbocycles. The van der Waals surface area contributed by atoms with Crippen molar-refractivity contribution in [1.82, 2.24) is 9.80 Å². The lowest BCUT2D eigenvalue weighted by Gasteiger charge is -2.39. The minimum absolute atomic E-state index is 0.0472. The van der Waals surface area contributed by atoms with Gasteiger partial charge in [-0.3, -0.25) is 4.90 Å². The van der Waals surface area contributed by atoms with E-state index in [0.29, 0.717) is 12.8 Å². The van der Waals surface area contributed by atoms with Crippen LogP contribution in [0.4, 0.5) is 4.79 Å². The summed E-state index contributed by atoms with van der Waals surface area (Å²) < 4.78 is 10.6. The standard InChI is InChI=1S/C17H28N2O10/c1-9-12(20)14(22)13(21)10(29-9)3-2-8-28-17(27)19-6-4-18(5-7-19)11(15(23)24)16(25)26/h9-14,20-22H,2-8H2,1H3,(H,23,24)(H,25,26)/t9?,10-,12?,13?,14?/m0/s1. The van der Waals surface area contributed by atoms with Gasteiger partial charge in [0, 0.05) is 26.2 Å². The summed E-state index contributed by atoms with van der Waals surface area (Å²) >= 11 is 0. The molecule has 2 saturated heterocycles. The molecule has 2 aliphatic rings. The Morgan fingerprint density at radius 1 is 1.00 bits per heavy atom. The maximum absolute atomic E-state index is 12.1. The van der Waals surface area contributed by atoms with Crippen molar-refractivity contribution >= 4 is 18.0 Å². The van der Waals surface area contributed by atoms with Gasteiger partial charge in [-0.05, 0) is 19.8 Å². The zero-order chi connectivity index (χ0) is 21.7. The monoisotopic (exact) mass is 420 g/mol. The van der Waals surface area contributed by atoms with Gasteiger partial charge in [0.1, 0.15) is 18.3 Å². The van der Waals surface area contributed by atoms with Gasteiger partial charge in [0.2, 0.25) is 6.04 Å². The van der Waals surface area contributed by atoms with Gasteiger partial charge in [0.25, 0.3) is 0 Å². The molecule has 2 rings (SSSR count). The molecular weight excluding hydrogens is 392 g/mol. The number of aliphatic hydroxyl groups excluding tert-OH is 3. The van der Waals surface area contributed by atoms with Crippen LogP contribution in [0.3, 0.4) is 0 Å². The normalized spacial score (nSPS) is 30.9. The largest absolute Gasteiger partial charge is 0.480 e. The van der Waals surface area contributed by atoms with Crippen LogP contribution in [0.5, 0.6) is 0 Å². The lowest BCUT2D eigenvalue weighted by Crippen LogP contribution is -2.56. The number of aliphatic carboxylic acids is 2. The number of ether oxygens (including phenoxy) is 2. The number of rotatable bonds is 7. The molecule has 0 aromatic rings. The van der Waals surface area contributed by atoms with Gasteiger partial charge in [-0.25, -0.2) is 14.4 Å². The second kappa shape index (κ2) is 10.2. The molecule has 0 spiro atoms. The molecule has 12 heteroatoms. The molecule has 0 radical (unpaired) electrons. The molecule has 0 aromatic carbocycles. The molecule has 5 atom stereocenters. The summed E-state index contributed by atoms with van der Waals surface area (Å²) in [5.74, 6) is -2.90. The van der Waals surface area contributed by atoms with Crippen molar-refractivity contribution in [1.29, 1.82) is 0 Å². The molecule has 2 fully saturated rings. The highest BCUT2D eigenvalue weighted by Gasteiger charge is 2.41. The number of carboxylic acids is 2. The number of nitrogens with zero attached hydrogens (tertiary/aromatic N) is 2. The Bertz CT molecular complexity index is 581. The van der Waals surface area contributed by atoms with E-state index in [2.05, 4.69) is 0 Å². The molecular formula is C17H28N2O10. The van der Waals surface area contributed by atoms with Crippen molar-refractivity contribution in [2.75, 3.05) is 32.8 Å². The van der Waals surface area contributed by atoms with E-state index < -0.39 is 54.6 Å². The van der Waals surface area contributed by atoms with Gasteiger partial charge < -0.3 is 39.9 Å². The van der Waals surface area contributed by atoms with Gasteiger partial charge in [-0.1, -0.05) is 0 Å². The van der Waals surface area contributed by atoms with Gasteiger partial charge in [-0.15, -0.1) is 0 Å². The highest BCUT2D eigenvalue weighted by Crippen LogP contribution is 2.23. The van der Waals surface area contributed by atoms with E-state index in [1.807, 2.05) is 0 Å². The fraction of sp³-hybridized carbons (Fsp3) is 0.824. The van der Waals surface area contributed by atoms with E-state index >= 15 is 0 Å². The minimum atomic E-state index is -1.65. The summed E-state index contributed by atoms with van der Waals surface area (Å²) in [5, 5.41) is 47.4. The van der Waals surface area contributed by atoms with E-state index in [1.165, 1.54) is 9.80 Å². The average molecular weight is 420 g/mol. The summed E-state index contributed by atoms with van der Waals surface area (Å²) in [5.41, 5.74) is 0. The number of carbonyl (C=O) groups excluding carboxylic acids is 1. The van der Waals surface area contributed by atoms with E-state index in [9.17, 15) is 29.7 Å². The smallest absolute Gasteiger partial charge is 0.409 e. The molecule has 2 heterocycles. The van der Waals surface area contributed by atoms with E-state index in [1.54, 1.807) is 6.92 Å². The first kappa shape index (κ1) is 23.3. The summed E-state index contributed by atoms with van der Waals surface area (Å²) in [7, 11) is 0. The van der Waals surface area contributed by atoms with Crippen LogP contribution in [0.2, 0.25) is 0 Å². The third kappa shape index (κ3) is 5.76. The number of hydrogen-bond acceptors (Lipinski definition) is 9. The molecule has 2 aliphatic heterocycles. The Morgan fingerprint density at radius 3 is 2.14 bits per heavy atom. The Hall–Kier alpha value is -1.99. The Kier molecular flexibility index (Phi) is 8.16. The van der Waals surface area contributed by atoms with Crippen LogP contribution in [0.25, 0.3) is 0 Å². The summed E-state index contributed by atoms with van der Waals surface area (Å²) in [6.45, 7) is 2.11. The molecule has 166 valence electrons. The summed E-state index contributed by atoms with van der Waals surface area (Å²) in [6.07, 6.45) is -4.93. The second-order valence-electron chi connectivity index (χ2n) is 7.21. The van der Waals surface area contributed by atoms with E-state index in [4.69, 9.17) is 19.7 Å². The van der Waals surface area contributed by atoms with Gasteiger partial charge in [-0.2, -0.15) is 0 Å². The SMILES string of the molecule is CC1O[C@@H](CCCOC(=O)N2CCN(C(C(=O)O)C(=O)O)CC2)C(O)C(O)C1O. The van der Waals surface area contributed by atoms with Crippen molar-refractivity contribution in [3.8, 4) is 0 Å². The van der Waals surface area contributed by atoms with Gasteiger partial charge in [0.15, 0.2) is 0 Å². The fourth-order valence-electron chi connectivity index (χ4n) is 3.49. The van der Waals surface area contributed by atoms with Crippen LogP contribution in [-0.4, -0.2) is 123 Å². The topological polar surface area (TPSA) is 177 Å². The number of hydrogen-bond donors (Lipinski definition) is 5. The Labute approximate surface area is 167 Å². The third-order valence-electron chi connectivity index (χ3n) is 5.22. The van der Waals surface area contributed by atoms with Crippen molar-refractivity contribution in [3.05, 3.63) is 0 Å². The van der Waals surface area contributed by atoms with Crippen LogP contribution < -0.4 is 0 Å². The molecule has 1 amide bonds. The Balaban J connectivity index is 1.70. The van der Waals surface area contributed by atoms with Crippen molar-refractivity contribution in [2.24, 2.45) is 0 Å². The lowest BCUT2D eigenvalue weighted by molar-refractivity contribution is -0.218. The van der Waals surface area contributed by atoms with Crippen molar-refractivity contribution in [2.45, 2.75) is 56.3 Å². The fourth-order valence-corrected chi connectivity index (χ4v) is 3.49. The molecule has 12 nitrogen and oxygen atoms in total. The third-order valence-corrected chi connectivity index (χ3v) is 5.22.